The van der Waals surface area contributed by atoms with Gasteiger partial charge in [0.15, 0.2) is 5.78 Å². The lowest BCUT2D eigenvalue weighted by Gasteiger charge is -2.31. The first-order valence-corrected chi connectivity index (χ1v) is 14.0. The summed E-state index contributed by atoms with van der Waals surface area (Å²) in [6, 6.07) is 11.0. The summed E-state index contributed by atoms with van der Waals surface area (Å²) in [5.74, 6) is -2.30. The third-order valence-corrected chi connectivity index (χ3v) is 7.95. The second kappa shape index (κ2) is 12.6. The smallest absolute Gasteiger partial charge is 0.336 e. The zero-order valence-corrected chi connectivity index (χ0v) is 23.8. The molecule has 0 spiro atoms. The molecule has 10 nitrogen and oxygen atoms in total. The zero-order chi connectivity index (χ0) is 29.8. The SMILES string of the molecule is COC(=O)C1=C(C)NC(C)=C(C(=O)OCCCN2CCC(C(=O)c3ccc(F)cc3)CC2)C1c1cccc2nonc12. The summed E-state index contributed by atoms with van der Waals surface area (Å²) < 4.78 is 28.9. The molecular formula is C31H33FN4O6. The Balaban J connectivity index is 1.21. The van der Waals surface area contributed by atoms with E-state index in [1.165, 1.54) is 31.4 Å². The van der Waals surface area contributed by atoms with Crippen molar-refractivity contribution >= 4 is 28.8 Å². The van der Waals surface area contributed by atoms with Crippen LogP contribution in [-0.2, 0) is 19.1 Å². The number of nitrogens with one attached hydrogen (secondary N) is 1. The van der Waals surface area contributed by atoms with Crippen LogP contribution in [0.5, 0.6) is 0 Å². The molecule has 2 aliphatic heterocycles. The standard InChI is InChI=1S/C31H33FN4O6/c1-18-25(30(38)40-3)27(23-6-4-7-24-28(23)35-42-34-24)26(19(2)33-18)31(39)41-17-5-14-36-15-12-21(13-16-36)29(37)20-8-10-22(32)11-9-20/h4,6-11,21,27,33H,5,12-17H2,1-3H3. The third-order valence-electron chi connectivity index (χ3n) is 7.95. The number of dihydropyridines is 1. The number of benzene rings is 2. The minimum absolute atomic E-state index is 0.0515. The van der Waals surface area contributed by atoms with E-state index in [1.54, 1.807) is 32.0 Å². The fourth-order valence-corrected chi connectivity index (χ4v) is 5.82. The van der Waals surface area contributed by atoms with Gasteiger partial charge in [0, 0.05) is 29.4 Å². The molecule has 1 unspecified atom stereocenters. The molecule has 2 aliphatic rings. The molecule has 1 aromatic heterocycles. The monoisotopic (exact) mass is 576 g/mol. The quantitative estimate of drug-likeness (QED) is 0.224. The van der Waals surface area contributed by atoms with Gasteiger partial charge < -0.3 is 19.7 Å². The molecule has 220 valence electrons. The molecule has 3 aromatic rings. The van der Waals surface area contributed by atoms with Crippen molar-refractivity contribution in [1.82, 2.24) is 20.5 Å². The molecule has 1 atom stereocenters. The number of piperidine rings is 1. The van der Waals surface area contributed by atoms with Gasteiger partial charge in [-0.3, -0.25) is 4.79 Å². The van der Waals surface area contributed by atoms with E-state index >= 15 is 0 Å². The fraction of sp³-hybridized carbons (Fsp3) is 0.387. The Hall–Kier alpha value is -4.38. The van der Waals surface area contributed by atoms with Crippen LogP contribution in [0.1, 0.15) is 54.9 Å². The molecule has 5 rings (SSSR count). The van der Waals surface area contributed by atoms with Crippen molar-refractivity contribution in [1.29, 1.82) is 0 Å². The van der Waals surface area contributed by atoms with E-state index < -0.39 is 17.9 Å². The average Bonchev–Trinajstić information content (AvgIpc) is 3.48. The van der Waals surface area contributed by atoms with E-state index in [4.69, 9.17) is 14.1 Å². The van der Waals surface area contributed by atoms with Crippen molar-refractivity contribution in [3.8, 4) is 0 Å². The summed E-state index contributed by atoms with van der Waals surface area (Å²) in [5, 5.41) is 11.1. The van der Waals surface area contributed by atoms with Crippen LogP contribution in [0.2, 0.25) is 0 Å². The predicted octanol–water partition coefficient (Wildman–Crippen LogP) is 4.30. The summed E-state index contributed by atoms with van der Waals surface area (Å²) in [7, 11) is 1.29. The number of ether oxygens (including phenoxy) is 2. The third kappa shape index (κ3) is 5.96. The Kier molecular flexibility index (Phi) is 8.77. The summed E-state index contributed by atoms with van der Waals surface area (Å²) in [6.07, 6.45) is 2.05. The number of Topliss-reactive ketones (excluding diaryl/α,β-unsaturated/α-hetero) is 1. The molecule has 42 heavy (non-hydrogen) atoms. The number of rotatable bonds is 9. The lowest BCUT2D eigenvalue weighted by Crippen LogP contribution is -2.37. The molecule has 0 saturated carbocycles. The van der Waals surface area contributed by atoms with Gasteiger partial charge in [-0.25, -0.2) is 18.6 Å². The molecule has 11 heteroatoms. The van der Waals surface area contributed by atoms with Crippen molar-refractivity contribution < 1.29 is 32.9 Å². The molecule has 0 bridgehead atoms. The molecule has 0 radical (unpaired) electrons. The first kappa shape index (κ1) is 29.1. The van der Waals surface area contributed by atoms with Gasteiger partial charge in [-0.15, -0.1) is 0 Å². The van der Waals surface area contributed by atoms with E-state index in [-0.39, 0.29) is 35.3 Å². The highest BCUT2D eigenvalue weighted by molar-refractivity contribution is 6.01. The predicted molar refractivity (Wildman–Crippen MR) is 151 cm³/mol. The highest BCUT2D eigenvalue weighted by Gasteiger charge is 2.39. The number of carbonyl (C=O) groups is 3. The number of hydrogen-bond donors (Lipinski definition) is 1. The highest BCUT2D eigenvalue weighted by Crippen LogP contribution is 2.41. The second-order valence-corrected chi connectivity index (χ2v) is 10.6. The van der Waals surface area contributed by atoms with Crippen molar-refractivity contribution in [2.45, 2.75) is 39.0 Å². The number of hydrogen-bond acceptors (Lipinski definition) is 10. The van der Waals surface area contributed by atoms with Gasteiger partial charge in [0.1, 0.15) is 16.9 Å². The normalized spacial score (nSPS) is 18.2. The number of fused-ring (bicyclic) bond motifs is 1. The van der Waals surface area contributed by atoms with Crippen LogP contribution in [0.3, 0.4) is 0 Å². The summed E-state index contributed by atoms with van der Waals surface area (Å²) in [5.41, 5.74) is 3.77. The lowest BCUT2D eigenvalue weighted by atomic mass is 9.80. The Morgan fingerprint density at radius 2 is 1.69 bits per heavy atom. The van der Waals surface area contributed by atoms with Crippen molar-refractivity contribution in [3.63, 3.8) is 0 Å². The number of ketones is 1. The van der Waals surface area contributed by atoms with Crippen molar-refractivity contribution in [3.05, 3.63) is 81.9 Å². The molecule has 1 fully saturated rings. The van der Waals surface area contributed by atoms with Gasteiger partial charge in [-0.2, -0.15) is 0 Å². The van der Waals surface area contributed by atoms with Crippen LogP contribution in [0, 0.1) is 11.7 Å². The van der Waals surface area contributed by atoms with Crippen LogP contribution in [-0.4, -0.2) is 66.3 Å². The van der Waals surface area contributed by atoms with Crippen LogP contribution in [0.15, 0.2) is 69.6 Å². The largest absolute Gasteiger partial charge is 0.466 e. The first-order valence-electron chi connectivity index (χ1n) is 14.0. The van der Waals surface area contributed by atoms with Gasteiger partial charge in [-0.05, 0) is 92.4 Å². The molecule has 3 heterocycles. The molecular weight excluding hydrogens is 543 g/mol. The number of likely N-dealkylation sites (tertiary alicyclic amines) is 1. The summed E-state index contributed by atoms with van der Waals surface area (Å²) >= 11 is 0. The van der Waals surface area contributed by atoms with Gasteiger partial charge in [0.05, 0.1) is 30.8 Å². The molecule has 2 aromatic carbocycles. The number of nitrogens with zero attached hydrogens (tertiary/aromatic N) is 3. The number of halogens is 1. The zero-order valence-electron chi connectivity index (χ0n) is 23.8. The van der Waals surface area contributed by atoms with E-state index in [0.717, 1.165) is 25.9 Å². The Bertz CT molecular complexity index is 1550. The molecule has 0 amide bonds. The van der Waals surface area contributed by atoms with E-state index in [9.17, 15) is 18.8 Å². The van der Waals surface area contributed by atoms with Gasteiger partial charge in [0.2, 0.25) is 0 Å². The van der Waals surface area contributed by atoms with Crippen LogP contribution in [0.25, 0.3) is 11.0 Å². The molecule has 1 N–H and O–H groups in total. The van der Waals surface area contributed by atoms with E-state index in [2.05, 4.69) is 20.5 Å². The average molecular weight is 577 g/mol. The lowest BCUT2D eigenvalue weighted by molar-refractivity contribution is -0.139. The van der Waals surface area contributed by atoms with Crippen LogP contribution >= 0.6 is 0 Å². The Labute approximate surface area is 242 Å². The Morgan fingerprint density at radius 3 is 2.38 bits per heavy atom. The number of carbonyl (C=O) groups excluding carboxylic acids is 3. The minimum atomic E-state index is -0.792. The maximum atomic E-state index is 13.5. The summed E-state index contributed by atoms with van der Waals surface area (Å²) in [6.45, 7) is 5.92. The first-order chi connectivity index (χ1) is 20.3. The second-order valence-electron chi connectivity index (χ2n) is 10.6. The summed E-state index contributed by atoms with van der Waals surface area (Å²) in [4.78, 5) is 41.5. The van der Waals surface area contributed by atoms with Gasteiger partial charge in [-0.1, -0.05) is 12.1 Å². The minimum Gasteiger partial charge on any atom is -0.466 e. The van der Waals surface area contributed by atoms with Gasteiger partial charge >= 0.3 is 11.9 Å². The van der Waals surface area contributed by atoms with Crippen molar-refractivity contribution in [2.24, 2.45) is 5.92 Å². The Morgan fingerprint density at radius 1 is 1.00 bits per heavy atom. The van der Waals surface area contributed by atoms with Crippen LogP contribution in [0.4, 0.5) is 4.39 Å². The maximum absolute atomic E-state index is 13.5. The fourth-order valence-electron chi connectivity index (χ4n) is 5.82. The topological polar surface area (TPSA) is 124 Å². The number of aromatic nitrogens is 2. The number of esters is 2. The van der Waals surface area contributed by atoms with E-state index in [0.29, 0.717) is 46.5 Å². The number of methoxy groups -OCH3 is 1. The van der Waals surface area contributed by atoms with E-state index in [1.807, 2.05) is 0 Å². The highest BCUT2D eigenvalue weighted by atomic mass is 19.1. The van der Waals surface area contributed by atoms with Crippen molar-refractivity contribution in [2.75, 3.05) is 33.4 Å². The molecule has 1 saturated heterocycles. The number of allylic oxidation sites excluding steroid dienone is 2. The molecule has 0 aliphatic carbocycles. The maximum Gasteiger partial charge on any atom is 0.336 e. The van der Waals surface area contributed by atoms with Gasteiger partial charge in [0.25, 0.3) is 0 Å². The van der Waals surface area contributed by atoms with Crippen LogP contribution < -0.4 is 5.32 Å².